The SMILES string of the molecule is CSC1(CNS(=O)(=O)c2ccc(C#N)nc2)CC1. The lowest BCUT2D eigenvalue weighted by molar-refractivity contribution is 0.579. The van der Waals surface area contributed by atoms with E-state index in [0.717, 1.165) is 12.8 Å². The van der Waals surface area contributed by atoms with E-state index >= 15 is 0 Å². The Hall–Kier alpha value is -1.10. The number of nitrogens with zero attached hydrogens (tertiary/aromatic N) is 2. The van der Waals surface area contributed by atoms with E-state index in [1.54, 1.807) is 11.8 Å². The monoisotopic (exact) mass is 283 g/mol. The molecule has 2 rings (SSSR count). The third kappa shape index (κ3) is 2.83. The molecule has 5 nitrogen and oxygen atoms in total. The van der Waals surface area contributed by atoms with Crippen LogP contribution in [0, 0.1) is 11.3 Å². The molecular formula is C11H13N3O2S2. The number of aromatic nitrogens is 1. The molecule has 18 heavy (non-hydrogen) atoms. The molecule has 0 bridgehead atoms. The summed E-state index contributed by atoms with van der Waals surface area (Å²) in [6, 6.07) is 4.65. The van der Waals surface area contributed by atoms with Crippen molar-refractivity contribution in [2.45, 2.75) is 22.5 Å². The minimum Gasteiger partial charge on any atom is -0.244 e. The van der Waals surface area contributed by atoms with E-state index < -0.39 is 10.0 Å². The van der Waals surface area contributed by atoms with Crippen LogP contribution in [0.4, 0.5) is 0 Å². The second-order valence-electron chi connectivity index (χ2n) is 4.20. The van der Waals surface area contributed by atoms with E-state index in [2.05, 4.69) is 9.71 Å². The zero-order chi connectivity index (χ0) is 13.2. The molecule has 0 aliphatic heterocycles. The molecule has 1 aromatic heterocycles. The fourth-order valence-electron chi connectivity index (χ4n) is 1.51. The highest BCUT2D eigenvalue weighted by Gasteiger charge is 2.42. The van der Waals surface area contributed by atoms with E-state index in [4.69, 9.17) is 5.26 Å². The number of hydrogen-bond donors (Lipinski definition) is 1. The first-order valence-electron chi connectivity index (χ1n) is 5.42. The van der Waals surface area contributed by atoms with Crippen molar-refractivity contribution in [2.24, 2.45) is 0 Å². The number of thioether (sulfide) groups is 1. The Kier molecular flexibility index (Phi) is 3.61. The number of pyridine rings is 1. The van der Waals surface area contributed by atoms with Gasteiger partial charge in [-0.15, -0.1) is 0 Å². The molecule has 1 aliphatic rings. The molecule has 0 spiro atoms. The highest BCUT2D eigenvalue weighted by atomic mass is 32.2. The summed E-state index contributed by atoms with van der Waals surface area (Å²) in [4.78, 5) is 3.85. The first-order chi connectivity index (χ1) is 8.51. The van der Waals surface area contributed by atoms with Crippen LogP contribution < -0.4 is 4.72 Å². The topological polar surface area (TPSA) is 82.9 Å². The van der Waals surface area contributed by atoms with Gasteiger partial charge in [-0.05, 0) is 31.2 Å². The van der Waals surface area contributed by atoms with Gasteiger partial charge in [0.15, 0.2) is 0 Å². The molecule has 1 saturated carbocycles. The van der Waals surface area contributed by atoms with Crippen molar-refractivity contribution >= 4 is 21.8 Å². The van der Waals surface area contributed by atoms with Crippen molar-refractivity contribution in [3.05, 3.63) is 24.0 Å². The quantitative estimate of drug-likeness (QED) is 0.875. The van der Waals surface area contributed by atoms with Crippen LogP contribution in [-0.2, 0) is 10.0 Å². The van der Waals surface area contributed by atoms with Gasteiger partial charge >= 0.3 is 0 Å². The summed E-state index contributed by atoms with van der Waals surface area (Å²) in [5.41, 5.74) is 0.205. The molecule has 0 saturated heterocycles. The van der Waals surface area contributed by atoms with Crippen molar-refractivity contribution in [1.82, 2.24) is 9.71 Å². The van der Waals surface area contributed by atoms with Crippen LogP contribution in [0.25, 0.3) is 0 Å². The third-order valence-corrected chi connectivity index (χ3v) is 5.79. The zero-order valence-electron chi connectivity index (χ0n) is 9.88. The largest absolute Gasteiger partial charge is 0.244 e. The summed E-state index contributed by atoms with van der Waals surface area (Å²) in [6.07, 6.45) is 5.29. The summed E-state index contributed by atoms with van der Waals surface area (Å²) in [5.74, 6) is 0. The molecule has 1 heterocycles. The maximum Gasteiger partial charge on any atom is 0.242 e. The predicted molar refractivity (Wildman–Crippen MR) is 69.6 cm³/mol. The fraction of sp³-hybridized carbons (Fsp3) is 0.455. The van der Waals surface area contributed by atoms with E-state index in [9.17, 15) is 8.42 Å². The van der Waals surface area contributed by atoms with Gasteiger partial charge in [-0.25, -0.2) is 18.1 Å². The average molecular weight is 283 g/mol. The van der Waals surface area contributed by atoms with Crippen molar-refractivity contribution in [3.8, 4) is 6.07 Å². The van der Waals surface area contributed by atoms with Crippen molar-refractivity contribution < 1.29 is 8.42 Å². The van der Waals surface area contributed by atoms with Crippen molar-refractivity contribution in [2.75, 3.05) is 12.8 Å². The Labute approximate surface area is 111 Å². The van der Waals surface area contributed by atoms with Crippen LogP contribution in [0.5, 0.6) is 0 Å². The number of nitriles is 1. The van der Waals surface area contributed by atoms with Gasteiger partial charge in [-0.1, -0.05) is 0 Å². The normalized spacial score (nSPS) is 17.1. The smallest absolute Gasteiger partial charge is 0.242 e. The Bertz CT molecular complexity index is 571. The highest BCUT2D eigenvalue weighted by molar-refractivity contribution is 8.00. The number of rotatable bonds is 5. The standard InChI is InChI=1S/C11H13N3O2S2/c1-17-11(4-5-11)8-14-18(15,16)10-3-2-9(6-12)13-7-10/h2-3,7,14H,4-5,8H2,1H3. The van der Waals surface area contributed by atoms with Gasteiger partial charge in [0.2, 0.25) is 10.0 Å². The molecule has 1 aliphatic carbocycles. The van der Waals surface area contributed by atoms with Crippen LogP contribution >= 0.6 is 11.8 Å². The summed E-state index contributed by atoms with van der Waals surface area (Å²) in [7, 11) is -3.52. The lowest BCUT2D eigenvalue weighted by Gasteiger charge is -2.13. The molecule has 0 atom stereocenters. The molecule has 0 unspecified atom stereocenters. The van der Waals surface area contributed by atoms with E-state index in [1.807, 2.05) is 12.3 Å². The van der Waals surface area contributed by atoms with E-state index in [1.165, 1.54) is 18.3 Å². The molecule has 96 valence electrons. The molecular weight excluding hydrogens is 270 g/mol. The summed E-state index contributed by atoms with van der Waals surface area (Å²) >= 11 is 1.69. The predicted octanol–water partition coefficient (Wildman–Crippen LogP) is 1.13. The maximum atomic E-state index is 12.0. The van der Waals surface area contributed by atoms with Crippen LogP contribution in [0.1, 0.15) is 18.5 Å². The first-order valence-corrected chi connectivity index (χ1v) is 8.13. The number of hydrogen-bond acceptors (Lipinski definition) is 5. The number of sulfonamides is 1. The average Bonchev–Trinajstić information content (AvgIpc) is 3.17. The molecule has 0 amide bonds. The van der Waals surface area contributed by atoms with Gasteiger partial charge in [0.05, 0.1) is 0 Å². The van der Waals surface area contributed by atoms with Gasteiger partial charge in [0.1, 0.15) is 16.7 Å². The lowest BCUT2D eigenvalue weighted by atomic mass is 10.4. The molecule has 0 radical (unpaired) electrons. The molecule has 7 heteroatoms. The summed E-state index contributed by atoms with van der Waals surface area (Å²) in [5, 5.41) is 8.60. The number of nitrogens with one attached hydrogen (secondary N) is 1. The van der Waals surface area contributed by atoms with Gasteiger partial charge in [-0.3, -0.25) is 0 Å². The Morgan fingerprint density at radius 2 is 2.28 bits per heavy atom. The second-order valence-corrected chi connectivity index (χ2v) is 7.24. The fourth-order valence-corrected chi connectivity index (χ4v) is 3.40. The second kappa shape index (κ2) is 4.88. The molecule has 1 aromatic rings. The summed E-state index contributed by atoms with van der Waals surface area (Å²) in [6.45, 7) is 0.441. The Morgan fingerprint density at radius 1 is 1.56 bits per heavy atom. The zero-order valence-corrected chi connectivity index (χ0v) is 11.5. The van der Waals surface area contributed by atoms with Crippen LogP contribution in [0.2, 0.25) is 0 Å². The van der Waals surface area contributed by atoms with Crippen LogP contribution in [0.3, 0.4) is 0 Å². The highest BCUT2D eigenvalue weighted by Crippen LogP contribution is 2.46. The molecule has 1 fully saturated rings. The molecule has 1 N–H and O–H groups in total. The van der Waals surface area contributed by atoms with Crippen LogP contribution in [0.15, 0.2) is 23.2 Å². The van der Waals surface area contributed by atoms with E-state index in [0.29, 0.717) is 6.54 Å². The van der Waals surface area contributed by atoms with Gasteiger partial charge in [0, 0.05) is 17.5 Å². The van der Waals surface area contributed by atoms with Gasteiger partial charge in [-0.2, -0.15) is 17.0 Å². The maximum absolute atomic E-state index is 12.0. The summed E-state index contributed by atoms with van der Waals surface area (Å²) < 4.78 is 26.6. The minimum absolute atomic E-state index is 0.0765. The lowest BCUT2D eigenvalue weighted by Crippen LogP contribution is -2.31. The van der Waals surface area contributed by atoms with E-state index in [-0.39, 0.29) is 15.3 Å². The molecule has 0 aromatic carbocycles. The third-order valence-electron chi connectivity index (χ3n) is 2.99. The van der Waals surface area contributed by atoms with Crippen LogP contribution in [-0.4, -0.2) is 30.9 Å². The first kappa shape index (κ1) is 13.3. The van der Waals surface area contributed by atoms with Gasteiger partial charge < -0.3 is 0 Å². The van der Waals surface area contributed by atoms with Crippen molar-refractivity contribution in [1.29, 1.82) is 5.26 Å². The van der Waals surface area contributed by atoms with Crippen molar-refractivity contribution in [3.63, 3.8) is 0 Å². The minimum atomic E-state index is -3.52. The Morgan fingerprint density at radius 3 is 2.72 bits per heavy atom. The Balaban J connectivity index is 2.08. The van der Waals surface area contributed by atoms with Gasteiger partial charge in [0.25, 0.3) is 0 Å².